The summed E-state index contributed by atoms with van der Waals surface area (Å²) in [5.41, 5.74) is 2.62. The molecule has 0 aliphatic carbocycles. The Morgan fingerprint density at radius 3 is 2.43 bits per heavy atom. The molecule has 0 N–H and O–H groups in total. The molecule has 2 heterocycles. The number of rotatable bonds is 3. The maximum Gasteiger partial charge on any atom is 0.417 e. The second kappa shape index (κ2) is 5.61. The second-order valence-electron chi connectivity index (χ2n) is 5.29. The minimum atomic E-state index is -0.422. The van der Waals surface area contributed by atoms with Crippen molar-refractivity contribution in [2.24, 2.45) is 0 Å². The smallest absolute Gasteiger partial charge is 0.417 e. The van der Waals surface area contributed by atoms with Crippen LogP contribution in [0.4, 0.5) is 10.7 Å². The number of hydrogen-bond donors (Lipinski definition) is 0. The summed E-state index contributed by atoms with van der Waals surface area (Å²) in [6.45, 7) is 0.296. The van der Waals surface area contributed by atoms with Gasteiger partial charge in [0.1, 0.15) is 18.3 Å². The summed E-state index contributed by atoms with van der Waals surface area (Å²) in [7, 11) is 0. The molecule has 3 aromatic rings. The van der Waals surface area contributed by atoms with E-state index >= 15 is 0 Å². The van der Waals surface area contributed by atoms with Gasteiger partial charge in [0.15, 0.2) is 0 Å². The van der Waals surface area contributed by atoms with Gasteiger partial charge in [-0.1, -0.05) is 65.8 Å². The number of ether oxygens (including phenoxy) is 1. The van der Waals surface area contributed by atoms with E-state index in [1.165, 1.54) is 4.90 Å². The van der Waals surface area contributed by atoms with Crippen molar-refractivity contribution in [2.75, 3.05) is 11.5 Å². The fourth-order valence-electron chi connectivity index (χ4n) is 2.71. The largest absolute Gasteiger partial charge is 0.446 e. The Kier molecular flexibility index (Phi) is 3.31. The van der Waals surface area contributed by atoms with Crippen molar-refractivity contribution in [2.45, 2.75) is 6.04 Å². The van der Waals surface area contributed by atoms with E-state index in [1.807, 2.05) is 60.7 Å². The molecule has 5 nitrogen and oxygen atoms in total. The summed E-state index contributed by atoms with van der Waals surface area (Å²) >= 11 is 0. The van der Waals surface area contributed by atoms with Gasteiger partial charge in [-0.15, -0.1) is 0 Å². The predicted molar refractivity (Wildman–Crippen MR) is 84.9 cm³/mol. The molecule has 4 rings (SSSR count). The Bertz CT molecular complexity index is 815. The maximum atomic E-state index is 12.1. The van der Waals surface area contributed by atoms with Gasteiger partial charge < -0.3 is 9.26 Å². The highest BCUT2D eigenvalue weighted by Crippen LogP contribution is 2.34. The molecule has 0 radical (unpaired) electrons. The fraction of sp³-hybridized carbons (Fsp3) is 0.111. The van der Waals surface area contributed by atoms with Crippen LogP contribution >= 0.6 is 0 Å². The first-order valence-electron chi connectivity index (χ1n) is 7.36. The number of carbonyl (C=O) groups is 1. The van der Waals surface area contributed by atoms with Gasteiger partial charge in [0.2, 0.25) is 5.88 Å². The monoisotopic (exact) mass is 306 g/mol. The van der Waals surface area contributed by atoms with Crippen molar-refractivity contribution in [3.05, 3.63) is 72.3 Å². The molecule has 0 spiro atoms. The standard InChI is InChI=1S/C18H14N2O3/c21-18-20(16(12-22-18)14-9-5-2-6-10-14)17-11-15(19-23-17)13-7-3-1-4-8-13/h1-11,16H,12H2/t16-/m0/s1. The molecule has 1 aliphatic rings. The van der Waals surface area contributed by atoms with Gasteiger partial charge in [0, 0.05) is 11.6 Å². The zero-order valence-electron chi connectivity index (χ0n) is 12.3. The third kappa shape index (κ3) is 2.46. The van der Waals surface area contributed by atoms with E-state index in [1.54, 1.807) is 6.07 Å². The van der Waals surface area contributed by atoms with E-state index in [9.17, 15) is 4.79 Å². The Labute approximate surface area is 133 Å². The lowest BCUT2D eigenvalue weighted by Crippen LogP contribution is -2.26. The lowest BCUT2D eigenvalue weighted by molar-refractivity contribution is 0.178. The highest BCUT2D eigenvalue weighted by molar-refractivity contribution is 5.89. The quantitative estimate of drug-likeness (QED) is 0.733. The molecule has 5 heteroatoms. The third-order valence-corrected chi connectivity index (χ3v) is 3.86. The summed E-state index contributed by atoms with van der Waals surface area (Å²) in [6, 6.07) is 21.0. The molecule has 1 aliphatic heterocycles. The van der Waals surface area contributed by atoms with Crippen molar-refractivity contribution < 1.29 is 14.1 Å². The van der Waals surface area contributed by atoms with Crippen LogP contribution in [0, 0.1) is 0 Å². The van der Waals surface area contributed by atoms with Gasteiger partial charge >= 0.3 is 6.09 Å². The number of anilines is 1. The average molecular weight is 306 g/mol. The van der Waals surface area contributed by atoms with Crippen molar-refractivity contribution >= 4 is 12.0 Å². The molecule has 114 valence electrons. The molecule has 1 saturated heterocycles. The lowest BCUT2D eigenvalue weighted by atomic mass is 10.1. The van der Waals surface area contributed by atoms with Gasteiger partial charge in [0.05, 0.1) is 0 Å². The number of aromatic nitrogens is 1. The number of carbonyl (C=O) groups excluding carboxylic acids is 1. The van der Waals surface area contributed by atoms with Crippen LogP contribution in [0.15, 0.2) is 71.3 Å². The van der Waals surface area contributed by atoms with Crippen LogP contribution in [0.2, 0.25) is 0 Å². The van der Waals surface area contributed by atoms with E-state index in [0.717, 1.165) is 11.1 Å². The minimum absolute atomic E-state index is 0.208. The second-order valence-corrected chi connectivity index (χ2v) is 5.29. The predicted octanol–water partition coefficient (Wildman–Crippen LogP) is 4.04. The summed E-state index contributed by atoms with van der Waals surface area (Å²) in [5.74, 6) is 0.389. The van der Waals surface area contributed by atoms with Gasteiger partial charge in [-0.25, -0.2) is 9.69 Å². The molecule has 1 aromatic heterocycles. The Hall–Kier alpha value is -3.08. The Morgan fingerprint density at radius 2 is 1.70 bits per heavy atom. The van der Waals surface area contributed by atoms with E-state index < -0.39 is 6.09 Å². The summed E-state index contributed by atoms with van der Waals surface area (Å²) in [4.78, 5) is 13.6. The molecule has 23 heavy (non-hydrogen) atoms. The van der Waals surface area contributed by atoms with Crippen molar-refractivity contribution in [3.8, 4) is 11.3 Å². The van der Waals surface area contributed by atoms with Crippen LogP contribution in [0.25, 0.3) is 11.3 Å². The van der Waals surface area contributed by atoms with Crippen LogP contribution in [0.3, 0.4) is 0 Å². The molecule has 1 amide bonds. The van der Waals surface area contributed by atoms with Gasteiger partial charge in [0.25, 0.3) is 0 Å². The zero-order valence-corrected chi connectivity index (χ0v) is 12.3. The molecule has 1 fully saturated rings. The maximum absolute atomic E-state index is 12.1. The van der Waals surface area contributed by atoms with E-state index in [2.05, 4.69) is 5.16 Å². The van der Waals surface area contributed by atoms with Crippen LogP contribution in [0.5, 0.6) is 0 Å². The normalized spacial score (nSPS) is 17.3. The van der Waals surface area contributed by atoms with E-state index in [0.29, 0.717) is 18.2 Å². The third-order valence-electron chi connectivity index (χ3n) is 3.86. The number of nitrogens with zero attached hydrogens (tertiary/aromatic N) is 2. The fourth-order valence-corrected chi connectivity index (χ4v) is 2.71. The number of hydrogen-bond acceptors (Lipinski definition) is 4. The summed E-state index contributed by atoms with van der Waals surface area (Å²) < 4.78 is 10.6. The zero-order chi connectivity index (χ0) is 15.6. The molecule has 0 bridgehead atoms. The van der Waals surface area contributed by atoms with Crippen LogP contribution in [-0.2, 0) is 4.74 Å². The van der Waals surface area contributed by atoms with Crippen molar-refractivity contribution in [1.29, 1.82) is 0 Å². The summed E-state index contributed by atoms with van der Waals surface area (Å²) in [6.07, 6.45) is -0.422. The molecule has 0 unspecified atom stereocenters. The first-order valence-corrected chi connectivity index (χ1v) is 7.36. The van der Waals surface area contributed by atoms with Crippen LogP contribution in [-0.4, -0.2) is 17.9 Å². The number of cyclic esters (lactones) is 1. The van der Waals surface area contributed by atoms with E-state index in [-0.39, 0.29) is 6.04 Å². The topological polar surface area (TPSA) is 55.6 Å². The molecular formula is C18H14N2O3. The van der Waals surface area contributed by atoms with Crippen LogP contribution in [0.1, 0.15) is 11.6 Å². The molecule has 0 saturated carbocycles. The number of amides is 1. The summed E-state index contributed by atoms with van der Waals surface area (Å²) in [5, 5.41) is 4.07. The number of benzene rings is 2. The minimum Gasteiger partial charge on any atom is -0.446 e. The lowest BCUT2D eigenvalue weighted by Gasteiger charge is -2.17. The van der Waals surface area contributed by atoms with Gasteiger partial charge in [-0.05, 0) is 5.56 Å². The molecule has 2 aromatic carbocycles. The Balaban J connectivity index is 1.68. The highest BCUT2D eigenvalue weighted by Gasteiger charge is 2.37. The molecule has 1 atom stereocenters. The Morgan fingerprint density at radius 1 is 1.00 bits per heavy atom. The average Bonchev–Trinajstić information content (AvgIpc) is 3.23. The first kappa shape index (κ1) is 13.6. The van der Waals surface area contributed by atoms with Crippen molar-refractivity contribution in [3.63, 3.8) is 0 Å². The van der Waals surface area contributed by atoms with Crippen LogP contribution < -0.4 is 4.90 Å². The van der Waals surface area contributed by atoms with Gasteiger partial charge in [-0.2, -0.15) is 0 Å². The molecular weight excluding hydrogens is 292 g/mol. The first-order chi connectivity index (χ1) is 11.3. The van der Waals surface area contributed by atoms with Crippen molar-refractivity contribution in [1.82, 2.24) is 5.16 Å². The SMILES string of the molecule is O=C1OC[C@@H](c2ccccc2)N1c1cc(-c2ccccc2)no1. The highest BCUT2D eigenvalue weighted by atomic mass is 16.6. The van der Waals surface area contributed by atoms with E-state index in [4.69, 9.17) is 9.26 Å². The van der Waals surface area contributed by atoms with Gasteiger partial charge in [-0.3, -0.25) is 0 Å².